The van der Waals surface area contributed by atoms with Gasteiger partial charge in [-0.1, -0.05) is 11.8 Å². The van der Waals surface area contributed by atoms with Crippen molar-refractivity contribution in [3.05, 3.63) is 35.0 Å². The zero-order valence-electron chi connectivity index (χ0n) is 17.0. The van der Waals surface area contributed by atoms with Gasteiger partial charge in [0.15, 0.2) is 0 Å². The highest BCUT2D eigenvalue weighted by Crippen LogP contribution is 2.35. The zero-order valence-corrected chi connectivity index (χ0v) is 18.7. The van der Waals surface area contributed by atoms with Gasteiger partial charge in [0, 0.05) is 28.9 Å². The minimum atomic E-state index is -0.139. The number of nitrogens with one attached hydrogen (secondary N) is 1. The Morgan fingerprint density at radius 2 is 2.17 bits per heavy atom. The Labute approximate surface area is 182 Å². The van der Waals surface area contributed by atoms with Gasteiger partial charge in [0.1, 0.15) is 21.9 Å². The number of aromatic nitrogens is 2. The Morgan fingerprint density at radius 3 is 2.90 bits per heavy atom. The van der Waals surface area contributed by atoms with E-state index in [2.05, 4.69) is 29.1 Å². The maximum Gasteiger partial charge on any atom is 0.234 e. The third kappa shape index (κ3) is 3.99. The molecule has 1 fully saturated rings. The van der Waals surface area contributed by atoms with Crippen molar-refractivity contribution in [1.29, 1.82) is 0 Å². The lowest BCUT2D eigenvalue weighted by atomic mass is 10.2. The van der Waals surface area contributed by atoms with Gasteiger partial charge < -0.3 is 15.0 Å². The second kappa shape index (κ2) is 8.61. The van der Waals surface area contributed by atoms with Crippen molar-refractivity contribution in [3.8, 4) is 5.75 Å². The van der Waals surface area contributed by atoms with Crippen LogP contribution in [0.3, 0.4) is 0 Å². The molecule has 30 heavy (non-hydrogen) atoms. The van der Waals surface area contributed by atoms with Gasteiger partial charge in [-0.3, -0.25) is 9.59 Å². The molecule has 1 saturated heterocycles. The van der Waals surface area contributed by atoms with Gasteiger partial charge in [-0.15, -0.1) is 11.3 Å². The summed E-state index contributed by atoms with van der Waals surface area (Å²) in [4.78, 5) is 37.3. The predicted octanol–water partition coefficient (Wildman–Crippen LogP) is 4.17. The predicted molar refractivity (Wildman–Crippen MR) is 121 cm³/mol. The SMILES string of the molecule is COc1ccc(NC(=O)CSc2ncnc3sc(C)c(C)c23)cc1N1CCCC1=O. The monoisotopic (exact) mass is 442 g/mol. The molecule has 9 heteroatoms. The molecule has 0 atom stereocenters. The Kier molecular flexibility index (Phi) is 5.92. The lowest BCUT2D eigenvalue weighted by Crippen LogP contribution is -2.24. The number of carbonyl (C=O) groups excluding carboxylic acids is 2. The summed E-state index contributed by atoms with van der Waals surface area (Å²) in [5.74, 6) is 0.774. The fourth-order valence-corrected chi connectivity index (χ4v) is 5.39. The molecule has 0 unspecified atom stereocenters. The molecule has 0 aliphatic carbocycles. The smallest absolute Gasteiger partial charge is 0.234 e. The molecule has 2 aromatic heterocycles. The lowest BCUT2D eigenvalue weighted by Gasteiger charge is -2.20. The Balaban J connectivity index is 1.48. The molecule has 7 nitrogen and oxygen atoms in total. The highest BCUT2D eigenvalue weighted by Gasteiger charge is 2.25. The summed E-state index contributed by atoms with van der Waals surface area (Å²) in [5, 5.41) is 4.76. The van der Waals surface area contributed by atoms with E-state index in [9.17, 15) is 9.59 Å². The largest absolute Gasteiger partial charge is 0.495 e. The second-order valence-corrected chi connectivity index (χ2v) is 9.18. The van der Waals surface area contributed by atoms with Gasteiger partial charge in [-0.05, 0) is 44.0 Å². The summed E-state index contributed by atoms with van der Waals surface area (Å²) < 4.78 is 5.40. The first-order chi connectivity index (χ1) is 14.5. The summed E-state index contributed by atoms with van der Waals surface area (Å²) in [5.41, 5.74) is 2.48. The summed E-state index contributed by atoms with van der Waals surface area (Å²) in [7, 11) is 1.57. The van der Waals surface area contributed by atoms with E-state index >= 15 is 0 Å². The molecule has 1 aromatic carbocycles. The zero-order chi connectivity index (χ0) is 21.3. The van der Waals surface area contributed by atoms with Crippen LogP contribution in [0.15, 0.2) is 29.6 Å². The van der Waals surface area contributed by atoms with E-state index in [1.807, 2.05) is 0 Å². The van der Waals surface area contributed by atoms with Crippen LogP contribution in [0.2, 0.25) is 0 Å². The average Bonchev–Trinajstić information content (AvgIpc) is 3.29. The third-order valence-electron chi connectivity index (χ3n) is 5.10. The van der Waals surface area contributed by atoms with Crippen LogP contribution >= 0.6 is 23.1 Å². The molecule has 2 amide bonds. The maximum atomic E-state index is 12.6. The van der Waals surface area contributed by atoms with Crippen LogP contribution in [0.5, 0.6) is 5.75 Å². The van der Waals surface area contributed by atoms with Crippen molar-refractivity contribution in [1.82, 2.24) is 9.97 Å². The number of thioether (sulfide) groups is 1. The molecule has 1 N–H and O–H groups in total. The number of nitrogens with zero attached hydrogens (tertiary/aromatic N) is 3. The minimum Gasteiger partial charge on any atom is -0.495 e. The molecule has 3 aromatic rings. The number of fused-ring (bicyclic) bond motifs is 1. The normalized spacial score (nSPS) is 13.8. The minimum absolute atomic E-state index is 0.0709. The number of thiophene rings is 1. The highest BCUT2D eigenvalue weighted by molar-refractivity contribution is 8.00. The van der Waals surface area contributed by atoms with Gasteiger partial charge in [0.05, 0.1) is 18.6 Å². The van der Waals surface area contributed by atoms with Crippen LogP contribution in [0.25, 0.3) is 10.2 Å². The molecule has 4 rings (SSSR count). The van der Waals surface area contributed by atoms with E-state index in [0.29, 0.717) is 30.1 Å². The molecular formula is C21H22N4O3S2. The molecule has 3 heterocycles. The number of anilines is 2. The highest BCUT2D eigenvalue weighted by atomic mass is 32.2. The van der Waals surface area contributed by atoms with Gasteiger partial charge in [0.25, 0.3) is 0 Å². The average molecular weight is 443 g/mol. The molecule has 1 aliphatic heterocycles. The second-order valence-electron chi connectivity index (χ2n) is 7.01. The molecule has 0 bridgehead atoms. The summed E-state index contributed by atoms with van der Waals surface area (Å²) >= 11 is 3.03. The van der Waals surface area contributed by atoms with Crippen molar-refractivity contribution in [2.45, 2.75) is 31.7 Å². The van der Waals surface area contributed by atoms with Crippen LogP contribution in [-0.4, -0.2) is 41.2 Å². The van der Waals surface area contributed by atoms with Crippen LogP contribution in [0, 0.1) is 13.8 Å². The Bertz CT molecular complexity index is 1130. The van der Waals surface area contributed by atoms with Crippen molar-refractivity contribution in [2.24, 2.45) is 0 Å². The maximum absolute atomic E-state index is 12.6. The van der Waals surface area contributed by atoms with Crippen molar-refractivity contribution < 1.29 is 14.3 Å². The molecule has 0 radical (unpaired) electrons. The summed E-state index contributed by atoms with van der Waals surface area (Å²) in [6.07, 6.45) is 2.90. The fraction of sp³-hybridized carbons (Fsp3) is 0.333. The number of amides is 2. The van der Waals surface area contributed by atoms with E-state index in [1.54, 1.807) is 47.9 Å². The molecule has 1 aliphatic rings. The van der Waals surface area contributed by atoms with E-state index < -0.39 is 0 Å². The number of carbonyl (C=O) groups is 2. The van der Waals surface area contributed by atoms with Gasteiger partial charge in [-0.25, -0.2) is 9.97 Å². The number of hydrogen-bond acceptors (Lipinski definition) is 7. The number of aryl methyl sites for hydroxylation is 2. The fourth-order valence-electron chi connectivity index (χ4n) is 3.47. The first-order valence-corrected chi connectivity index (χ1v) is 11.4. The molecule has 156 valence electrons. The van der Waals surface area contributed by atoms with Crippen molar-refractivity contribution in [2.75, 3.05) is 29.6 Å². The lowest BCUT2D eigenvalue weighted by molar-refractivity contribution is -0.117. The van der Waals surface area contributed by atoms with Crippen LogP contribution < -0.4 is 15.0 Å². The summed E-state index contributed by atoms with van der Waals surface area (Å²) in [6.45, 7) is 4.78. The number of methoxy groups -OCH3 is 1. The number of hydrogen-bond donors (Lipinski definition) is 1. The van der Waals surface area contributed by atoms with E-state index in [0.717, 1.165) is 27.2 Å². The number of ether oxygens (including phenoxy) is 1. The van der Waals surface area contributed by atoms with Crippen LogP contribution in [0.1, 0.15) is 23.3 Å². The number of benzene rings is 1. The molecule has 0 saturated carbocycles. The van der Waals surface area contributed by atoms with Gasteiger partial charge in [-0.2, -0.15) is 0 Å². The number of rotatable bonds is 6. The Morgan fingerprint density at radius 1 is 1.33 bits per heavy atom. The van der Waals surface area contributed by atoms with Crippen LogP contribution in [-0.2, 0) is 9.59 Å². The van der Waals surface area contributed by atoms with E-state index in [-0.39, 0.29) is 17.6 Å². The van der Waals surface area contributed by atoms with Gasteiger partial charge >= 0.3 is 0 Å². The molecular weight excluding hydrogens is 420 g/mol. The first kappa shape index (κ1) is 20.6. The van der Waals surface area contributed by atoms with Crippen LogP contribution in [0.4, 0.5) is 11.4 Å². The standard InChI is InChI=1S/C21H22N4O3S2/c1-12-13(2)30-21-19(12)20(22-11-23-21)29-10-17(26)24-14-6-7-16(28-3)15(9-14)25-8-4-5-18(25)27/h6-7,9,11H,4-5,8,10H2,1-3H3,(H,24,26). The third-order valence-corrected chi connectivity index (χ3v) is 7.20. The van der Waals surface area contributed by atoms with Gasteiger partial charge in [0.2, 0.25) is 11.8 Å². The van der Waals surface area contributed by atoms with E-state index in [1.165, 1.54) is 16.6 Å². The molecule has 0 spiro atoms. The quantitative estimate of drug-likeness (QED) is 0.456. The Hall–Kier alpha value is -2.65. The van der Waals surface area contributed by atoms with Crippen molar-refractivity contribution in [3.63, 3.8) is 0 Å². The van der Waals surface area contributed by atoms with E-state index in [4.69, 9.17) is 4.74 Å². The topological polar surface area (TPSA) is 84.4 Å². The summed E-state index contributed by atoms with van der Waals surface area (Å²) in [6, 6.07) is 5.34. The van der Waals surface area contributed by atoms with Crippen molar-refractivity contribution >= 4 is 56.5 Å². The first-order valence-electron chi connectivity index (χ1n) is 9.59.